The first-order valence-corrected chi connectivity index (χ1v) is 15.4. The van der Waals surface area contributed by atoms with E-state index < -0.39 is 5.92 Å². The molecular weight excluding hydrogens is 583 g/mol. The maximum Gasteiger partial charge on any atom is 0.234 e. The molecule has 218 valence electrons. The van der Waals surface area contributed by atoms with Gasteiger partial charge in [-0.3, -0.25) is 14.5 Å². The number of nitrogens with zero attached hydrogens (tertiary/aromatic N) is 5. The fourth-order valence-electron chi connectivity index (χ4n) is 5.34. The Morgan fingerprint density at radius 1 is 1.16 bits per heavy atom. The summed E-state index contributed by atoms with van der Waals surface area (Å²) < 4.78 is 6.10. The number of amides is 1. The molecule has 2 heterocycles. The summed E-state index contributed by atoms with van der Waals surface area (Å²) in [6.45, 7) is 6.49. The Labute approximate surface area is 257 Å². The average molecular weight is 612 g/mol. The van der Waals surface area contributed by atoms with Gasteiger partial charge in [0.1, 0.15) is 17.6 Å². The SMILES string of the molecule is CCOc1ccc(C2C(C#N)=C(N)N(c3nnc(SCC(=O)Nc4ccccc4C#N)s3)C3=C2C(=O)CC(C)(C)C3)cc1. The maximum absolute atomic E-state index is 13.7. The van der Waals surface area contributed by atoms with Crippen molar-refractivity contribution in [2.75, 3.05) is 22.6 Å². The molecule has 0 radical (unpaired) electrons. The van der Waals surface area contributed by atoms with E-state index in [1.165, 1.54) is 23.1 Å². The van der Waals surface area contributed by atoms with Crippen molar-refractivity contribution < 1.29 is 14.3 Å². The second-order valence-electron chi connectivity index (χ2n) is 10.8. The molecule has 2 aliphatic rings. The van der Waals surface area contributed by atoms with Crippen molar-refractivity contribution in [1.29, 1.82) is 10.5 Å². The third kappa shape index (κ3) is 6.12. The van der Waals surface area contributed by atoms with Crippen molar-refractivity contribution in [3.63, 3.8) is 0 Å². The number of hydrogen-bond donors (Lipinski definition) is 2. The van der Waals surface area contributed by atoms with E-state index in [1.54, 1.807) is 29.2 Å². The number of rotatable bonds is 8. The molecule has 0 spiro atoms. The molecule has 1 unspecified atom stereocenters. The van der Waals surface area contributed by atoms with Crippen LogP contribution < -0.4 is 20.7 Å². The predicted octanol–water partition coefficient (Wildman–Crippen LogP) is 5.48. The summed E-state index contributed by atoms with van der Waals surface area (Å²) >= 11 is 2.41. The van der Waals surface area contributed by atoms with Crippen molar-refractivity contribution in [2.45, 2.75) is 43.9 Å². The molecule has 10 nitrogen and oxygen atoms in total. The van der Waals surface area contributed by atoms with E-state index in [1.807, 2.05) is 45.0 Å². The van der Waals surface area contributed by atoms with Crippen LogP contribution in [0.2, 0.25) is 0 Å². The zero-order valence-corrected chi connectivity index (χ0v) is 25.5. The number of ether oxygens (including phenoxy) is 1. The highest BCUT2D eigenvalue weighted by molar-refractivity contribution is 8.01. The molecule has 0 bridgehead atoms. The number of aromatic nitrogens is 2. The molecule has 1 aliphatic heterocycles. The Balaban J connectivity index is 1.45. The highest BCUT2D eigenvalue weighted by Crippen LogP contribution is 2.50. The first kappa shape index (κ1) is 29.8. The molecule has 0 saturated heterocycles. The molecule has 1 aromatic heterocycles. The van der Waals surface area contributed by atoms with Crippen molar-refractivity contribution in [3.05, 3.63) is 82.3 Å². The van der Waals surface area contributed by atoms with Gasteiger partial charge in [-0.1, -0.05) is 61.2 Å². The van der Waals surface area contributed by atoms with Gasteiger partial charge in [0.05, 0.1) is 41.2 Å². The molecule has 43 heavy (non-hydrogen) atoms. The lowest BCUT2D eigenvalue weighted by atomic mass is 9.68. The lowest BCUT2D eigenvalue weighted by Gasteiger charge is -2.42. The quantitative estimate of drug-likeness (QED) is 0.312. The predicted molar refractivity (Wildman–Crippen MR) is 165 cm³/mol. The summed E-state index contributed by atoms with van der Waals surface area (Å²) in [6.07, 6.45) is 0.886. The van der Waals surface area contributed by atoms with Crippen molar-refractivity contribution in [2.24, 2.45) is 11.1 Å². The summed E-state index contributed by atoms with van der Waals surface area (Å²) in [7, 11) is 0. The number of carbonyl (C=O) groups is 2. The van der Waals surface area contributed by atoms with Gasteiger partial charge in [-0.05, 0) is 48.6 Å². The summed E-state index contributed by atoms with van der Waals surface area (Å²) in [5.41, 5.74) is 9.47. The van der Waals surface area contributed by atoms with Crippen LogP contribution in [-0.2, 0) is 9.59 Å². The van der Waals surface area contributed by atoms with Gasteiger partial charge in [0.15, 0.2) is 10.1 Å². The van der Waals surface area contributed by atoms with Gasteiger partial charge < -0.3 is 15.8 Å². The van der Waals surface area contributed by atoms with Crippen LogP contribution in [0.4, 0.5) is 10.8 Å². The zero-order valence-electron chi connectivity index (χ0n) is 23.9. The molecule has 0 fully saturated rings. The Bertz CT molecular complexity index is 1730. The summed E-state index contributed by atoms with van der Waals surface area (Å²) in [6, 6.07) is 18.5. The number of allylic oxidation sites excluding steroid dienone is 3. The molecule has 1 amide bonds. The lowest BCUT2D eigenvalue weighted by molar-refractivity contribution is -0.118. The Morgan fingerprint density at radius 3 is 2.60 bits per heavy atom. The third-order valence-corrected chi connectivity index (χ3v) is 9.18. The number of nitrogens with one attached hydrogen (secondary N) is 1. The number of Topliss-reactive ketones (excluding diaryl/α,β-unsaturated/α-hetero) is 1. The topological polar surface area (TPSA) is 158 Å². The molecule has 0 saturated carbocycles. The van der Waals surface area contributed by atoms with Crippen molar-refractivity contribution in [3.8, 4) is 17.9 Å². The fraction of sp³-hybridized carbons (Fsp3) is 0.290. The smallest absolute Gasteiger partial charge is 0.234 e. The Hall–Kier alpha value is -4.65. The lowest BCUT2D eigenvalue weighted by Crippen LogP contribution is -2.42. The monoisotopic (exact) mass is 611 g/mol. The largest absolute Gasteiger partial charge is 0.494 e. The van der Waals surface area contributed by atoms with Crippen LogP contribution >= 0.6 is 23.1 Å². The van der Waals surface area contributed by atoms with E-state index in [4.69, 9.17) is 10.5 Å². The number of thioether (sulfide) groups is 1. The molecule has 5 rings (SSSR count). The van der Waals surface area contributed by atoms with E-state index in [0.717, 1.165) is 5.56 Å². The number of ketones is 1. The number of benzene rings is 2. The van der Waals surface area contributed by atoms with Crippen LogP contribution in [-0.4, -0.2) is 34.2 Å². The minimum Gasteiger partial charge on any atom is -0.494 e. The van der Waals surface area contributed by atoms with Crippen molar-refractivity contribution >= 4 is 45.6 Å². The van der Waals surface area contributed by atoms with Crippen LogP contribution in [0.15, 0.2) is 75.5 Å². The standard InChI is InChI=1S/C31H29N7O3S2/c1-4-41-20-11-9-18(10-12-20)26-21(16-33)28(34)38(23-13-31(2,3)14-24(39)27(23)26)29-36-37-30(43-29)42-17-25(40)35-22-8-6-5-7-19(22)15-32/h5-12,26H,4,13-14,17,34H2,1-3H3,(H,35,40). The van der Waals surface area contributed by atoms with E-state index in [2.05, 4.69) is 27.7 Å². The van der Waals surface area contributed by atoms with Crippen molar-refractivity contribution in [1.82, 2.24) is 10.2 Å². The van der Waals surface area contributed by atoms with E-state index in [0.29, 0.717) is 57.2 Å². The fourth-order valence-corrected chi connectivity index (χ4v) is 7.02. The Morgan fingerprint density at radius 2 is 1.91 bits per heavy atom. The molecule has 12 heteroatoms. The van der Waals surface area contributed by atoms with E-state index >= 15 is 0 Å². The number of nitriles is 2. The van der Waals surface area contributed by atoms with Gasteiger partial charge in [0.2, 0.25) is 11.0 Å². The zero-order chi connectivity index (χ0) is 30.7. The molecule has 1 aliphatic carbocycles. The van der Waals surface area contributed by atoms with Gasteiger partial charge in [-0.25, -0.2) is 0 Å². The number of hydrogen-bond acceptors (Lipinski definition) is 11. The first-order chi connectivity index (χ1) is 20.7. The Kier molecular flexibility index (Phi) is 8.53. The van der Waals surface area contributed by atoms with Crippen LogP contribution in [0.25, 0.3) is 0 Å². The minimum absolute atomic E-state index is 0.0381. The van der Waals surface area contributed by atoms with Crippen LogP contribution in [0.3, 0.4) is 0 Å². The maximum atomic E-state index is 13.7. The van der Waals surface area contributed by atoms with Gasteiger partial charge in [-0.2, -0.15) is 10.5 Å². The van der Waals surface area contributed by atoms with Gasteiger partial charge >= 0.3 is 0 Å². The second-order valence-corrected chi connectivity index (χ2v) is 13.0. The molecule has 3 N–H and O–H groups in total. The minimum atomic E-state index is -0.614. The summed E-state index contributed by atoms with van der Waals surface area (Å²) in [5, 5.41) is 31.4. The normalized spacial score (nSPS) is 17.7. The second kappa shape index (κ2) is 12.3. The molecular formula is C31H29N7O3S2. The number of nitrogens with two attached hydrogens (primary N) is 1. The third-order valence-electron chi connectivity index (χ3n) is 7.14. The number of carbonyl (C=O) groups excluding carboxylic acids is 2. The summed E-state index contributed by atoms with van der Waals surface area (Å²) in [5.74, 6) is -0.00406. The van der Waals surface area contributed by atoms with Gasteiger partial charge in [0.25, 0.3) is 0 Å². The average Bonchev–Trinajstić information content (AvgIpc) is 3.44. The molecule has 1 atom stereocenters. The molecule has 3 aromatic rings. The van der Waals surface area contributed by atoms with Gasteiger partial charge in [0, 0.05) is 17.7 Å². The van der Waals surface area contributed by atoms with E-state index in [-0.39, 0.29) is 34.3 Å². The van der Waals surface area contributed by atoms with Crippen LogP contribution in [0.1, 0.15) is 50.7 Å². The summed E-state index contributed by atoms with van der Waals surface area (Å²) in [4.78, 5) is 28.0. The van der Waals surface area contributed by atoms with Crippen LogP contribution in [0.5, 0.6) is 5.75 Å². The highest BCUT2D eigenvalue weighted by atomic mass is 32.2. The number of anilines is 2. The van der Waals surface area contributed by atoms with Gasteiger partial charge in [-0.15, -0.1) is 10.2 Å². The van der Waals surface area contributed by atoms with E-state index in [9.17, 15) is 20.1 Å². The first-order valence-electron chi connectivity index (χ1n) is 13.6. The van der Waals surface area contributed by atoms with Crippen LogP contribution in [0, 0.1) is 28.1 Å². The highest BCUT2D eigenvalue weighted by Gasteiger charge is 2.45. The number of para-hydroxylation sites is 1. The molecule has 2 aromatic carbocycles.